The third-order valence-electron chi connectivity index (χ3n) is 2.62. The van der Waals surface area contributed by atoms with Crippen LogP contribution >= 0.6 is 12.4 Å². The van der Waals surface area contributed by atoms with E-state index in [2.05, 4.69) is 5.32 Å². The van der Waals surface area contributed by atoms with E-state index in [4.69, 9.17) is 9.47 Å². The van der Waals surface area contributed by atoms with E-state index in [1.165, 1.54) is 0 Å². The number of benzene rings is 1. The van der Waals surface area contributed by atoms with E-state index in [9.17, 15) is 4.79 Å². The average molecular weight is 303 g/mol. The summed E-state index contributed by atoms with van der Waals surface area (Å²) in [4.78, 5) is 13.4. The van der Waals surface area contributed by atoms with E-state index in [0.29, 0.717) is 32.8 Å². The second-order valence-electron chi connectivity index (χ2n) is 4.15. The van der Waals surface area contributed by atoms with Crippen molar-refractivity contribution in [2.24, 2.45) is 0 Å². The lowest BCUT2D eigenvalue weighted by atomic mass is 10.3. The van der Waals surface area contributed by atoms with E-state index in [0.717, 1.165) is 5.75 Å². The Morgan fingerprint density at radius 1 is 1.25 bits per heavy atom. The molecule has 0 radical (unpaired) electrons. The Morgan fingerprint density at radius 3 is 2.60 bits per heavy atom. The highest BCUT2D eigenvalue weighted by Gasteiger charge is 2.07. The fourth-order valence-corrected chi connectivity index (χ4v) is 1.45. The Balaban J connectivity index is 0.00000361. The Kier molecular flexibility index (Phi) is 10.8. The third-order valence-corrected chi connectivity index (χ3v) is 2.62. The van der Waals surface area contributed by atoms with Crippen molar-refractivity contribution >= 4 is 18.3 Å². The predicted molar refractivity (Wildman–Crippen MR) is 81.6 cm³/mol. The molecule has 5 nitrogen and oxygen atoms in total. The van der Waals surface area contributed by atoms with E-state index >= 15 is 0 Å². The van der Waals surface area contributed by atoms with Gasteiger partial charge in [-0.3, -0.25) is 4.79 Å². The first-order valence-electron chi connectivity index (χ1n) is 6.35. The van der Waals surface area contributed by atoms with Gasteiger partial charge in [-0.25, -0.2) is 0 Å². The highest BCUT2D eigenvalue weighted by molar-refractivity contribution is 5.85. The zero-order valence-corrected chi connectivity index (χ0v) is 12.8. The van der Waals surface area contributed by atoms with Crippen LogP contribution in [0.5, 0.6) is 5.75 Å². The molecule has 0 aliphatic carbocycles. The number of carbonyl (C=O) groups excluding carboxylic acids is 1. The summed E-state index contributed by atoms with van der Waals surface area (Å²) in [5.74, 6) is 0.870. The molecule has 1 aromatic rings. The van der Waals surface area contributed by atoms with Gasteiger partial charge < -0.3 is 19.7 Å². The van der Waals surface area contributed by atoms with Gasteiger partial charge in [0.25, 0.3) is 0 Å². The van der Waals surface area contributed by atoms with E-state index < -0.39 is 0 Å². The van der Waals surface area contributed by atoms with Crippen LogP contribution in [0.1, 0.15) is 0 Å². The summed E-state index contributed by atoms with van der Waals surface area (Å²) in [7, 11) is 3.41. The normalized spacial score (nSPS) is 9.70. The molecular formula is C14H23ClN2O3. The molecule has 1 N–H and O–H groups in total. The van der Waals surface area contributed by atoms with Gasteiger partial charge in [-0.15, -0.1) is 12.4 Å². The van der Waals surface area contributed by atoms with Crippen LogP contribution < -0.4 is 10.1 Å². The molecule has 0 aromatic heterocycles. The quantitative estimate of drug-likeness (QED) is 0.696. The molecule has 0 spiro atoms. The molecule has 0 unspecified atom stereocenters. The minimum atomic E-state index is 0. The van der Waals surface area contributed by atoms with Crippen molar-refractivity contribution in [3.05, 3.63) is 30.3 Å². The van der Waals surface area contributed by atoms with Crippen LogP contribution in [0.25, 0.3) is 0 Å². The van der Waals surface area contributed by atoms with Crippen LogP contribution in [0.3, 0.4) is 0 Å². The number of methoxy groups -OCH3 is 1. The average Bonchev–Trinajstić information content (AvgIpc) is 2.44. The molecule has 0 heterocycles. The molecule has 20 heavy (non-hydrogen) atoms. The number of hydrogen-bond acceptors (Lipinski definition) is 4. The van der Waals surface area contributed by atoms with Crippen molar-refractivity contribution in [1.82, 2.24) is 10.2 Å². The minimum Gasteiger partial charge on any atom is -0.492 e. The molecule has 0 atom stereocenters. The molecule has 1 rings (SSSR count). The summed E-state index contributed by atoms with van der Waals surface area (Å²) in [6, 6.07) is 9.57. The number of nitrogens with one attached hydrogen (secondary N) is 1. The highest BCUT2D eigenvalue weighted by Crippen LogP contribution is 2.07. The maximum absolute atomic E-state index is 11.7. The molecular weight excluding hydrogens is 280 g/mol. The Morgan fingerprint density at radius 2 is 1.95 bits per heavy atom. The first-order valence-corrected chi connectivity index (χ1v) is 6.35. The lowest BCUT2D eigenvalue weighted by Gasteiger charge is -2.17. The van der Waals surface area contributed by atoms with Crippen LogP contribution in [0, 0.1) is 0 Å². The van der Waals surface area contributed by atoms with Gasteiger partial charge in [0.1, 0.15) is 12.4 Å². The lowest BCUT2D eigenvalue weighted by Crippen LogP contribution is -2.38. The standard InChI is InChI=1S/C14H22N2O3.ClH/c1-16(14(17)12-15-8-10-18-2)9-11-19-13-6-4-3-5-7-13;/h3-7,15H,8-12H2,1-2H3;1H. The number of likely N-dealkylation sites (N-methyl/N-ethyl adjacent to an activating group) is 1. The summed E-state index contributed by atoms with van der Waals surface area (Å²) in [5.41, 5.74) is 0. The zero-order valence-electron chi connectivity index (χ0n) is 12.0. The summed E-state index contributed by atoms with van der Waals surface area (Å²) >= 11 is 0. The van der Waals surface area contributed by atoms with E-state index in [-0.39, 0.29) is 18.3 Å². The second-order valence-corrected chi connectivity index (χ2v) is 4.15. The number of hydrogen-bond donors (Lipinski definition) is 1. The summed E-state index contributed by atoms with van der Waals surface area (Å²) < 4.78 is 10.4. The van der Waals surface area contributed by atoms with Gasteiger partial charge in [0, 0.05) is 20.7 Å². The van der Waals surface area contributed by atoms with Gasteiger partial charge in [-0.05, 0) is 12.1 Å². The zero-order chi connectivity index (χ0) is 13.9. The highest BCUT2D eigenvalue weighted by atomic mass is 35.5. The van der Waals surface area contributed by atoms with Gasteiger partial charge in [0.2, 0.25) is 5.91 Å². The summed E-state index contributed by atoms with van der Waals surface area (Å²) in [6.45, 7) is 2.67. The first-order chi connectivity index (χ1) is 9.24. The Hall–Kier alpha value is -1.30. The number of para-hydroxylation sites is 1. The maximum Gasteiger partial charge on any atom is 0.236 e. The van der Waals surface area contributed by atoms with Crippen LogP contribution in [-0.4, -0.2) is 57.8 Å². The van der Waals surface area contributed by atoms with E-state index in [1.54, 1.807) is 19.1 Å². The lowest BCUT2D eigenvalue weighted by molar-refractivity contribution is -0.129. The number of nitrogens with zero attached hydrogens (tertiary/aromatic N) is 1. The van der Waals surface area contributed by atoms with Crippen LogP contribution in [0.15, 0.2) is 30.3 Å². The van der Waals surface area contributed by atoms with Crippen molar-refractivity contribution in [3.8, 4) is 5.75 Å². The smallest absolute Gasteiger partial charge is 0.236 e. The van der Waals surface area contributed by atoms with Crippen molar-refractivity contribution in [2.45, 2.75) is 0 Å². The first kappa shape index (κ1) is 18.7. The molecule has 1 aromatic carbocycles. The molecule has 0 bridgehead atoms. The van der Waals surface area contributed by atoms with Crippen molar-refractivity contribution in [3.63, 3.8) is 0 Å². The topological polar surface area (TPSA) is 50.8 Å². The van der Waals surface area contributed by atoms with Gasteiger partial charge in [-0.2, -0.15) is 0 Å². The molecule has 0 saturated heterocycles. The number of rotatable bonds is 9. The third kappa shape index (κ3) is 7.99. The van der Waals surface area contributed by atoms with Crippen LogP contribution in [0.2, 0.25) is 0 Å². The van der Waals surface area contributed by atoms with Crippen molar-refractivity contribution in [2.75, 3.05) is 47.0 Å². The van der Waals surface area contributed by atoms with Crippen LogP contribution in [0.4, 0.5) is 0 Å². The fourth-order valence-electron chi connectivity index (χ4n) is 1.45. The number of carbonyl (C=O) groups is 1. The molecule has 0 aliphatic rings. The largest absolute Gasteiger partial charge is 0.492 e. The van der Waals surface area contributed by atoms with Crippen molar-refractivity contribution in [1.29, 1.82) is 0 Å². The fraction of sp³-hybridized carbons (Fsp3) is 0.500. The number of amides is 1. The molecule has 0 aliphatic heterocycles. The molecule has 6 heteroatoms. The van der Waals surface area contributed by atoms with Crippen LogP contribution in [-0.2, 0) is 9.53 Å². The summed E-state index contributed by atoms with van der Waals surface area (Å²) in [5, 5.41) is 3.02. The summed E-state index contributed by atoms with van der Waals surface area (Å²) in [6.07, 6.45) is 0. The maximum atomic E-state index is 11.7. The van der Waals surface area contributed by atoms with Gasteiger partial charge in [-0.1, -0.05) is 18.2 Å². The number of halogens is 1. The monoisotopic (exact) mass is 302 g/mol. The van der Waals surface area contributed by atoms with Gasteiger partial charge in [0.15, 0.2) is 0 Å². The minimum absolute atomic E-state index is 0. The molecule has 114 valence electrons. The molecule has 0 saturated carbocycles. The Bertz CT molecular complexity index is 363. The van der Waals surface area contributed by atoms with Gasteiger partial charge >= 0.3 is 0 Å². The Labute approximate surface area is 126 Å². The second kappa shape index (κ2) is 11.5. The molecule has 0 fully saturated rings. The van der Waals surface area contributed by atoms with Crippen molar-refractivity contribution < 1.29 is 14.3 Å². The SMILES string of the molecule is COCCNCC(=O)N(C)CCOc1ccccc1.Cl. The van der Waals surface area contributed by atoms with Gasteiger partial charge in [0.05, 0.1) is 19.7 Å². The molecule has 1 amide bonds. The predicted octanol–water partition coefficient (Wildman–Crippen LogP) is 1.18. The number of ether oxygens (including phenoxy) is 2. The van der Waals surface area contributed by atoms with E-state index in [1.807, 2.05) is 30.3 Å².